The Morgan fingerprint density at radius 1 is 0.872 bits per heavy atom. The highest BCUT2D eigenvalue weighted by molar-refractivity contribution is 6.12. The van der Waals surface area contributed by atoms with Gasteiger partial charge >= 0.3 is 5.97 Å². The van der Waals surface area contributed by atoms with Gasteiger partial charge in [0.05, 0.1) is 5.69 Å². The number of imide groups is 2. The summed E-state index contributed by atoms with van der Waals surface area (Å²) >= 11 is 0. The molecular weight excluding hydrogens is 510 g/mol. The highest BCUT2D eigenvalue weighted by Crippen LogP contribution is 2.14. The van der Waals surface area contributed by atoms with Crippen LogP contribution in [0.3, 0.4) is 0 Å². The van der Waals surface area contributed by atoms with Crippen molar-refractivity contribution < 1.29 is 38.4 Å². The van der Waals surface area contributed by atoms with E-state index in [2.05, 4.69) is 16.2 Å². The Balaban J connectivity index is 1.47. The molecule has 13 nitrogen and oxygen atoms in total. The summed E-state index contributed by atoms with van der Waals surface area (Å²) in [6, 6.07) is 5.99. The van der Waals surface area contributed by atoms with E-state index in [9.17, 15) is 33.6 Å². The van der Waals surface area contributed by atoms with E-state index in [-0.39, 0.29) is 50.5 Å². The zero-order valence-corrected chi connectivity index (χ0v) is 21.6. The van der Waals surface area contributed by atoms with Crippen molar-refractivity contribution in [3.63, 3.8) is 0 Å². The number of unbranched alkanes of at least 4 members (excludes halogenated alkanes) is 2. The summed E-state index contributed by atoms with van der Waals surface area (Å²) in [4.78, 5) is 90.5. The zero-order chi connectivity index (χ0) is 28.4. The molecule has 1 atom stereocenters. The zero-order valence-electron chi connectivity index (χ0n) is 21.6. The molecule has 6 amide bonds. The molecule has 2 heterocycles. The maximum absolute atomic E-state index is 12.7. The lowest BCUT2D eigenvalue weighted by Crippen LogP contribution is -2.46. The molecule has 2 aliphatic rings. The molecular formula is C26H31N5O8. The summed E-state index contributed by atoms with van der Waals surface area (Å²) in [5.41, 5.74) is 6.95. The molecule has 1 saturated heterocycles. The first-order valence-corrected chi connectivity index (χ1v) is 12.7. The standard InChI is InChI=1S/C26H31N5O8/c1-17-6-8-18(9-7-17)28-29-21(33)11-10-19(26(38)39-31-24(36)14-15-25(31)37)27-20(32)5-3-2-4-16-30-22(34)12-13-23(30)35/h6-9,12-13,19,28H,2-5,10-11,14-16H2,1H3,(H,27,32)(H,29,33). The first-order valence-electron chi connectivity index (χ1n) is 12.7. The number of aryl methyl sites for hydroxylation is 1. The highest BCUT2D eigenvalue weighted by Gasteiger charge is 2.35. The van der Waals surface area contributed by atoms with Gasteiger partial charge in [-0.25, -0.2) is 4.79 Å². The summed E-state index contributed by atoms with van der Waals surface area (Å²) in [6.07, 6.45) is 3.43. The summed E-state index contributed by atoms with van der Waals surface area (Å²) < 4.78 is 0. The van der Waals surface area contributed by atoms with Crippen LogP contribution in [0.25, 0.3) is 0 Å². The number of benzene rings is 1. The van der Waals surface area contributed by atoms with Crippen LogP contribution in [0.2, 0.25) is 0 Å². The molecule has 13 heteroatoms. The summed E-state index contributed by atoms with van der Waals surface area (Å²) in [6.45, 7) is 2.17. The molecule has 1 aromatic rings. The number of amides is 6. The fourth-order valence-electron chi connectivity index (χ4n) is 3.83. The largest absolute Gasteiger partial charge is 0.355 e. The molecule has 3 rings (SSSR count). The van der Waals surface area contributed by atoms with Crippen LogP contribution in [0.1, 0.15) is 56.9 Å². The number of hydroxylamine groups is 2. The average molecular weight is 542 g/mol. The molecule has 0 saturated carbocycles. The molecule has 0 bridgehead atoms. The number of anilines is 1. The average Bonchev–Trinajstić information content (AvgIpc) is 3.40. The topological polar surface area (TPSA) is 171 Å². The van der Waals surface area contributed by atoms with E-state index in [0.717, 1.165) is 10.5 Å². The molecule has 2 aliphatic heterocycles. The summed E-state index contributed by atoms with van der Waals surface area (Å²) in [7, 11) is 0. The molecule has 0 aliphatic carbocycles. The van der Waals surface area contributed by atoms with Gasteiger partial charge in [0.25, 0.3) is 23.6 Å². The van der Waals surface area contributed by atoms with Crippen LogP contribution in [0.15, 0.2) is 36.4 Å². The van der Waals surface area contributed by atoms with Crippen molar-refractivity contribution in [2.24, 2.45) is 0 Å². The van der Waals surface area contributed by atoms with Crippen molar-refractivity contribution >= 4 is 47.1 Å². The van der Waals surface area contributed by atoms with Gasteiger partial charge in [-0.2, -0.15) is 0 Å². The number of rotatable bonds is 14. The quantitative estimate of drug-likeness (QED) is 0.175. The Morgan fingerprint density at radius 3 is 2.15 bits per heavy atom. The fourth-order valence-corrected chi connectivity index (χ4v) is 3.83. The van der Waals surface area contributed by atoms with Gasteiger partial charge in [0.1, 0.15) is 6.04 Å². The molecule has 1 aromatic carbocycles. The smallest absolute Gasteiger partial charge is 0.343 e. The second kappa shape index (κ2) is 13.8. The molecule has 0 spiro atoms. The van der Waals surface area contributed by atoms with E-state index in [0.29, 0.717) is 30.0 Å². The number of nitrogens with one attached hydrogen (secondary N) is 3. The van der Waals surface area contributed by atoms with Gasteiger partial charge in [0.15, 0.2) is 0 Å². The molecule has 0 radical (unpaired) electrons. The second-order valence-corrected chi connectivity index (χ2v) is 9.16. The number of hydrogen-bond donors (Lipinski definition) is 3. The highest BCUT2D eigenvalue weighted by atomic mass is 16.7. The molecule has 3 N–H and O–H groups in total. The van der Waals surface area contributed by atoms with Gasteiger partial charge in [-0.1, -0.05) is 24.1 Å². The van der Waals surface area contributed by atoms with Crippen LogP contribution in [0.4, 0.5) is 5.69 Å². The van der Waals surface area contributed by atoms with Crippen molar-refractivity contribution in [2.45, 2.75) is 64.3 Å². The lowest BCUT2D eigenvalue weighted by Gasteiger charge is -2.20. The minimum Gasteiger partial charge on any atom is -0.343 e. The minimum atomic E-state index is -1.28. The van der Waals surface area contributed by atoms with E-state index in [1.54, 1.807) is 12.1 Å². The number of carbonyl (C=O) groups excluding carboxylic acids is 7. The van der Waals surface area contributed by atoms with E-state index in [4.69, 9.17) is 4.84 Å². The molecule has 1 unspecified atom stereocenters. The van der Waals surface area contributed by atoms with Gasteiger partial charge in [0.2, 0.25) is 11.8 Å². The first-order chi connectivity index (χ1) is 18.6. The van der Waals surface area contributed by atoms with Crippen LogP contribution >= 0.6 is 0 Å². The Bertz CT molecular complexity index is 1130. The Hall–Kier alpha value is -4.55. The van der Waals surface area contributed by atoms with Crippen molar-refractivity contribution in [1.82, 2.24) is 20.7 Å². The van der Waals surface area contributed by atoms with Gasteiger partial charge in [0, 0.05) is 44.4 Å². The molecule has 208 valence electrons. The van der Waals surface area contributed by atoms with Crippen LogP contribution < -0.4 is 16.2 Å². The third kappa shape index (κ3) is 8.76. The lowest BCUT2D eigenvalue weighted by atomic mass is 10.1. The third-order valence-corrected chi connectivity index (χ3v) is 6.05. The van der Waals surface area contributed by atoms with Gasteiger partial charge in [-0.05, 0) is 38.3 Å². The summed E-state index contributed by atoms with van der Waals surface area (Å²) in [5.74, 6) is -4.06. The Kier molecular flexibility index (Phi) is 10.3. The maximum Gasteiger partial charge on any atom is 0.355 e. The van der Waals surface area contributed by atoms with E-state index in [1.165, 1.54) is 12.2 Å². The van der Waals surface area contributed by atoms with Gasteiger partial charge < -0.3 is 10.2 Å². The monoisotopic (exact) mass is 541 g/mol. The SMILES string of the molecule is Cc1ccc(NNC(=O)CCC(NC(=O)CCCCCN2C(=O)C=CC2=O)C(=O)ON2C(=O)CCC2=O)cc1. The Morgan fingerprint density at radius 2 is 1.51 bits per heavy atom. The minimum absolute atomic E-state index is 0.0344. The van der Waals surface area contributed by atoms with Crippen molar-refractivity contribution in [1.29, 1.82) is 0 Å². The molecule has 0 aromatic heterocycles. The first kappa shape index (κ1) is 29.0. The molecule has 39 heavy (non-hydrogen) atoms. The normalized spacial score (nSPS) is 15.5. The van der Waals surface area contributed by atoms with Crippen molar-refractivity contribution in [3.8, 4) is 0 Å². The van der Waals surface area contributed by atoms with E-state index < -0.39 is 35.6 Å². The van der Waals surface area contributed by atoms with E-state index >= 15 is 0 Å². The van der Waals surface area contributed by atoms with Crippen LogP contribution in [0.5, 0.6) is 0 Å². The third-order valence-electron chi connectivity index (χ3n) is 6.05. The summed E-state index contributed by atoms with van der Waals surface area (Å²) in [5, 5.41) is 2.90. The second-order valence-electron chi connectivity index (χ2n) is 9.16. The number of hydrazine groups is 1. The number of carbonyl (C=O) groups is 7. The Labute approximate surface area is 224 Å². The van der Waals surface area contributed by atoms with Crippen molar-refractivity contribution in [2.75, 3.05) is 12.0 Å². The molecule has 1 fully saturated rings. The van der Waals surface area contributed by atoms with Crippen LogP contribution in [-0.4, -0.2) is 64.0 Å². The lowest BCUT2D eigenvalue weighted by molar-refractivity contribution is -0.199. The van der Waals surface area contributed by atoms with Crippen LogP contribution in [-0.2, 0) is 38.4 Å². The van der Waals surface area contributed by atoms with Crippen LogP contribution in [0, 0.1) is 6.92 Å². The maximum atomic E-state index is 12.7. The number of nitrogens with zero attached hydrogens (tertiary/aromatic N) is 2. The fraction of sp³-hybridized carbons (Fsp3) is 0.423. The predicted octanol–water partition coefficient (Wildman–Crippen LogP) is 0.796. The number of hydrogen-bond acceptors (Lipinski definition) is 9. The predicted molar refractivity (Wildman–Crippen MR) is 136 cm³/mol. The van der Waals surface area contributed by atoms with Gasteiger partial charge in [-0.15, -0.1) is 5.06 Å². The van der Waals surface area contributed by atoms with E-state index in [1.807, 2.05) is 19.1 Å². The van der Waals surface area contributed by atoms with Gasteiger partial charge in [-0.3, -0.25) is 44.5 Å². The van der Waals surface area contributed by atoms with Crippen molar-refractivity contribution in [3.05, 3.63) is 42.0 Å².